The Hall–Kier alpha value is -1.82. The number of halogens is 2. The molecule has 1 N–H and O–H groups in total. The Bertz CT molecular complexity index is 861. The summed E-state index contributed by atoms with van der Waals surface area (Å²) >= 11 is 13.2. The van der Waals surface area contributed by atoms with Gasteiger partial charge in [-0.05, 0) is 41.7 Å². The molecule has 0 fully saturated rings. The Balaban J connectivity index is 1.70. The number of benzene rings is 2. The fraction of sp³-hybridized carbons (Fsp3) is 0.125. The number of aromatic nitrogens is 2. The summed E-state index contributed by atoms with van der Waals surface area (Å²) in [6.07, 6.45) is 0.787. The average Bonchev–Trinajstić information content (AvgIpc) is 2.89. The molecule has 0 atom stereocenters. The third-order valence-electron chi connectivity index (χ3n) is 3.22. The molecule has 0 unspecified atom stereocenters. The number of nitrogens with zero attached hydrogens (tertiary/aromatic N) is 2. The van der Waals surface area contributed by atoms with Crippen LogP contribution >= 0.6 is 34.7 Å². The van der Waals surface area contributed by atoms with Gasteiger partial charge in [0, 0.05) is 12.2 Å². The lowest BCUT2D eigenvalue weighted by molar-refractivity contribution is 0.719. The highest BCUT2D eigenvalue weighted by molar-refractivity contribution is 7.10. The fourth-order valence-electron chi connectivity index (χ4n) is 2.07. The number of aryl methyl sites for hydroxylation is 2. The van der Waals surface area contributed by atoms with E-state index in [4.69, 9.17) is 23.2 Å². The summed E-state index contributed by atoms with van der Waals surface area (Å²) in [6, 6.07) is 15.2. The molecule has 0 aliphatic carbocycles. The molecule has 0 radical (unpaired) electrons. The first-order valence-electron chi connectivity index (χ1n) is 6.96. The Morgan fingerprint density at radius 2 is 1.87 bits per heavy atom. The third-order valence-corrected chi connectivity index (χ3v) is 4.89. The van der Waals surface area contributed by atoms with Crippen molar-refractivity contribution in [2.24, 2.45) is 0 Å². The van der Waals surface area contributed by atoms with Crippen molar-refractivity contribution in [2.45, 2.75) is 13.0 Å². The molecule has 0 bridgehead atoms. The van der Waals surface area contributed by atoms with Gasteiger partial charge in [0.2, 0.25) is 5.13 Å². The number of rotatable bonds is 5. The van der Waals surface area contributed by atoms with E-state index in [-0.39, 0.29) is 5.69 Å². The van der Waals surface area contributed by atoms with Crippen molar-refractivity contribution in [3.05, 3.63) is 74.6 Å². The molecule has 1 heterocycles. The van der Waals surface area contributed by atoms with Gasteiger partial charge >= 0.3 is 5.69 Å². The average molecular weight is 366 g/mol. The Morgan fingerprint density at radius 1 is 1.09 bits per heavy atom. The zero-order valence-electron chi connectivity index (χ0n) is 12.0. The molecule has 3 aromatic rings. The highest BCUT2D eigenvalue weighted by Gasteiger charge is 2.07. The normalized spacial score (nSPS) is 10.7. The molecule has 7 heteroatoms. The van der Waals surface area contributed by atoms with Crippen LogP contribution in [0.5, 0.6) is 0 Å². The van der Waals surface area contributed by atoms with Crippen LogP contribution in [0, 0.1) is 0 Å². The van der Waals surface area contributed by atoms with Crippen LogP contribution in [0.1, 0.15) is 5.56 Å². The molecule has 4 nitrogen and oxygen atoms in total. The van der Waals surface area contributed by atoms with E-state index in [0.717, 1.165) is 12.1 Å². The Labute approximate surface area is 147 Å². The van der Waals surface area contributed by atoms with Crippen molar-refractivity contribution < 1.29 is 0 Å². The van der Waals surface area contributed by atoms with Gasteiger partial charge in [0.1, 0.15) is 0 Å². The van der Waals surface area contributed by atoms with Crippen LogP contribution < -0.4 is 11.0 Å². The minimum absolute atomic E-state index is 0.256. The Kier molecular flexibility index (Phi) is 5.00. The van der Waals surface area contributed by atoms with E-state index in [1.165, 1.54) is 17.1 Å². The molecule has 0 amide bonds. The zero-order chi connectivity index (χ0) is 16.2. The van der Waals surface area contributed by atoms with Gasteiger partial charge in [-0.3, -0.25) is 0 Å². The van der Waals surface area contributed by atoms with Gasteiger partial charge in [-0.2, -0.15) is 4.98 Å². The van der Waals surface area contributed by atoms with E-state index in [9.17, 15) is 4.79 Å². The molecule has 2 aromatic carbocycles. The van der Waals surface area contributed by atoms with E-state index in [2.05, 4.69) is 10.3 Å². The summed E-state index contributed by atoms with van der Waals surface area (Å²) in [4.78, 5) is 16.0. The van der Waals surface area contributed by atoms with Gasteiger partial charge < -0.3 is 5.32 Å². The summed E-state index contributed by atoms with van der Waals surface area (Å²) in [6.45, 7) is 0.601. The maximum atomic E-state index is 11.9. The fourth-order valence-corrected chi connectivity index (χ4v) is 3.16. The second-order valence-electron chi connectivity index (χ2n) is 4.88. The molecule has 0 saturated heterocycles. The largest absolute Gasteiger partial charge is 0.359 e. The first-order valence-corrected chi connectivity index (χ1v) is 8.49. The predicted octanol–water partition coefficient (Wildman–Crippen LogP) is 4.60. The van der Waals surface area contributed by atoms with Crippen LogP contribution in [-0.4, -0.2) is 8.94 Å². The maximum Gasteiger partial charge on any atom is 0.359 e. The summed E-state index contributed by atoms with van der Waals surface area (Å²) in [5, 5.41) is 4.54. The van der Waals surface area contributed by atoms with Crippen molar-refractivity contribution >= 4 is 45.6 Å². The molecule has 118 valence electrons. The molecular formula is C16H13Cl2N3OS. The molecular weight excluding hydrogens is 353 g/mol. The van der Waals surface area contributed by atoms with E-state index in [1.54, 1.807) is 22.2 Å². The molecule has 0 spiro atoms. The summed E-state index contributed by atoms with van der Waals surface area (Å²) < 4.78 is 1.63. The summed E-state index contributed by atoms with van der Waals surface area (Å²) in [5.41, 5.74) is 1.67. The topological polar surface area (TPSA) is 46.9 Å². The maximum absolute atomic E-state index is 11.9. The van der Waals surface area contributed by atoms with Crippen LogP contribution in [0.15, 0.2) is 53.3 Å². The standard InChI is InChI=1S/C16H13Cl2N3OS/c17-13-7-6-12(10-14(13)18)19-15-20-16(22)21(23-15)9-8-11-4-2-1-3-5-11/h1-7,10H,8-9H2,(H,19,20,22). The van der Waals surface area contributed by atoms with Crippen molar-refractivity contribution in [1.82, 2.24) is 8.94 Å². The van der Waals surface area contributed by atoms with Crippen molar-refractivity contribution in [3.63, 3.8) is 0 Å². The summed E-state index contributed by atoms with van der Waals surface area (Å²) in [5.74, 6) is 0. The molecule has 3 rings (SSSR count). The van der Waals surface area contributed by atoms with Gasteiger partial charge in [0.15, 0.2) is 0 Å². The van der Waals surface area contributed by atoms with Crippen molar-refractivity contribution in [3.8, 4) is 0 Å². The van der Waals surface area contributed by atoms with E-state index in [0.29, 0.717) is 21.7 Å². The lowest BCUT2D eigenvalue weighted by Gasteiger charge is -2.03. The zero-order valence-corrected chi connectivity index (χ0v) is 14.3. The number of nitrogens with one attached hydrogen (secondary N) is 1. The molecule has 0 saturated carbocycles. The van der Waals surface area contributed by atoms with E-state index >= 15 is 0 Å². The summed E-state index contributed by atoms with van der Waals surface area (Å²) in [7, 11) is 0. The molecule has 0 aliphatic rings. The Morgan fingerprint density at radius 3 is 2.61 bits per heavy atom. The van der Waals surface area contributed by atoms with Crippen LogP contribution in [0.3, 0.4) is 0 Å². The first-order chi connectivity index (χ1) is 11.1. The molecule has 0 aliphatic heterocycles. The van der Waals surface area contributed by atoms with Gasteiger partial charge in [0.05, 0.1) is 10.0 Å². The van der Waals surface area contributed by atoms with Crippen molar-refractivity contribution in [1.29, 1.82) is 0 Å². The SMILES string of the molecule is O=c1nc(Nc2ccc(Cl)c(Cl)c2)sn1CCc1ccccc1. The van der Waals surface area contributed by atoms with Crippen molar-refractivity contribution in [2.75, 3.05) is 5.32 Å². The van der Waals surface area contributed by atoms with E-state index < -0.39 is 0 Å². The number of anilines is 2. The highest BCUT2D eigenvalue weighted by Crippen LogP contribution is 2.27. The molecule has 23 heavy (non-hydrogen) atoms. The van der Waals surface area contributed by atoms with Crippen LogP contribution in [0.4, 0.5) is 10.8 Å². The minimum Gasteiger partial charge on any atom is -0.330 e. The van der Waals surface area contributed by atoms with Crippen LogP contribution in [0.2, 0.25) is 10.0 Å². The number of hydrogen-bond donors (Lipinski definition) is 1. The van der Waals surface area contributed by atoms with Gasteiger partial charge in [-0.25, -0.2) is 8.75 Å². The van der Waals surface area contributed by atoms with Crippen LogP contribution in [-0.2, 0) is 13.0 Å². The first kappa shape index (κ1) is 16.1. The predicted molar refractivity (Wildman–Crippen MR) is 96.3 cm³/mol. The van der Waals surface area contributed by atoms with Gasteiger partial charge in [-0.15, -0.1) is 0 Å². The van der Waals surface area contributed by atoms with E-state index in [1.807, 2.05) is 30.3 Å². The van der Waals surface area contributed by atoms with Gasteiger partial charge in [0.25, 0.3) is 0 Å². The highest BCUT2D eigenvalue weighted by atomic mass is 35.5. The quantitative estimate of drug-likeness (QED) is 0.718. The van der Waals surface area contributed by atoms with Crippen LogP contribution in [0.25, 0.3) is 0 Å². The molecule has 1 aromatic heterocycles. The van der Waals surface area contributed by atoms with Gasteiger partial charge in [-0.1, -0.05) is 53.5 Å². The number of hydrogen-bond acceptors (Lipinski definition) is 4. The second kappa shape index (κ2) is 7.17. The minimum atomic E-state index is -0.256. The smallest absolute Gasteiger partial charge is 0.330 e. The lowest BCUT2D eigenvalue weighted by atomic mass is 10.2. The lowest BCUT2D eigenvalue weighted by Crippen LogP contribution is -2.16. The second-order valence-corrected chi connectivity index (χ2v) is 6.71. The third kappa shape index (κ3) is 4.13. The monoisotopic (exact) mass is 365 g/mol.